The summed E-state index contributed by atoms with van der Waals surface area (Å²) in [6, 6.07) is 7.96. The second-order valence-electron chi connectivity index (χ2n) is 4.65. The van der Waals surface area contributed by atoms with Gasteiger partial charge in [0.1, 0.15) is 5.52 Å². The Morgan fingerprint density at radius 1 is 1.18 bits per heavy atom. The maximum Gasteiger partial charge on any atom is 0.245 e. The van der Waals surface area contributed by atoms with Gasteiger partial charge < -0.3 is 10.6 Å². The molecule has 0 bridgehead atoms. The summed E-state index contributed by atoms with van der Waals surface area (Å²) in [5, 5.41) is 8.35. The molecule has 1 fully saturated rings. The van der Waals surface area contributed by atoms with Crippen LogP contribution in [0.4, 0.5) is 5.95 Å². The van der Waals surface area contributed by atoms with Gasteiger partial charge in [-0.15, -0.1) is 10.2 Å². The van der Waals surface area contributed by atoms with Crippen LogP contribution in [-0.2, 0) is 0 Å². The monoisotopic (exact) mass is 229 g/mol. The molecule has 88 valence electrons. The SMILES string of the molecule is CC1CN(c2nnc3ccccc3n2)CC1N. The van der Waals surface area contributed by atoms with Crippen LogP contribution in [0.25, 0.3) is 11.0 Å². The summed E-state index contributed by atoms with van der Waals surface area (Å²) in [6.45, 7) is 3.86. The molecule has 0 aliphatic carbocycles. The summed E-state index contributed by atoms with van der Waals surface area (Å²) in [7, 11) is 0. The van der Waals surface area contributed by atoms with E-state index in [1.54, 1.807) is 0 Å². The first-order valence-corrected chi connectivity index (χ1v) is 5.84. The Morgan fingerprint density at radius 2 is 1.94 bits per heavy atom. The van der Waals surface area contributed by atoms with Crippen molar-refractivity contribution in [2.75, 3.05) is 18.0 Å². The second kappa shape index (κ2) is 3.92. The molecule has 17 heavy (non-hydrogen) atoms. The van der Waals surface area contributed by atoms with Gasteiger partial charge in [-0.3, -0.25) is 0 Å². The Morgan fingerprint density at radius 3 is 2.65 bits per heavy atom. The summed E-state index contributed by atoms with van der Waals surface area (Å²) in [5.74, 6) is 1.16. The molecular weight excluding hydrogens is 214 g/mol. The molecule has 1 aromatic carbocycles. The summed E-state index contributed by atoms with van der Waals surface area (Å²) >= 11 is 0. The van der Waals surface area contributed by atoms with Gasteiger partial charge in [0.15, 0.2) is 0 Å². The van der Waals surface area contributed by atoms with Gasteiger partial charge in [-0.05, 0) is 18.1 Å². The number of benzene rings is 1. The Balaban J connectivity index is 1.96. The molecular formula is C12H15N5. The average Bonchev–Trinajstić information content (AvgIpc) is 2.69. The van der Waals surface area contributed by atoms with Crippen molar-refractivity contribution < 1.29 is 0 Å². The van der Waals surface area contributed by atoms with Crippen LogP contribution < -0.4 is 10.6 Å². The molecule has 2 unspecified atom stereocenters. The van der Waals surface area contributed by atoms with E-state index in [9.17, 15) is 0 Å². The van der Waals surface area contributed by atoms with Crippen molar-refractivity contribution in [3.8, 4) is 0 Å². The van der Waals surface area contributed by atoms with E-state index in [0.717, 1.165) is 24.1 Å². The summed E-state index contributed by atoms with van der Waals surface area (Å²) in [6.07, 6.45) is 0. The Kier molecular flexibility index (Phi) is 2.40. The first-order valence-electron chi connectivity index (χ1n) is 5.84. The number of rotatable bonds is 1. The van der Waals surface area contributed by atoms with Crippen molar-refractivity contribution in [3.05, 3.63) is 24.3 Å². The lowest BCUT2D eigenvalue weighted by atomic mass is 10.1. The molecule has 2 N–H and O–H groups in total. The molecule has 2 heterocycles. The zero-order valence-corrected chi connectivity index (χ0v) is 9.74. The molecule has 1 aromatic heterocycles. The predicted molar refractivity (Wildman–Crippen MR) is 66.7 cm³/mol. The number of anilines is 1. The zero-order chi connectivity index (χ0) is 11.8. The molecule has 2 aromatic rings. The molecule has 0 saturated carbocycles. The third kappa shape index (κ3) is 1.82. The lowest BCUT2D eigenvalue weighted by Crippen LogP contribution is -2.29. The molecule has 1 aliphatic heterocycles. The number of para-hydroxylation sites is 1. The molecule has 2 atom stereocenters. The fraction of sp³-hybridized carbons (Fsp3) is 0.417. The number of fused-ring (bicyclic) bond motifs is 1. The maximum atomic E-state index is 6.00. The minimum absolute atomic E-state index is 0.199. The van der Waals surface area contributed by atoms with Crippen molar-refractivity contribution in [2.45, 2.75) is 13.0 Å². The van der Waals surface area contributed by atoms with Gasteiger partial charge in [0, 0.05) is 19.1 Å². The van der Waals surface area contributed by atoms with E-state index in [4.69, 9.17) is 5.73 Å². The topological polar surface area (TPSA) is 67.9 Å². The van der Waals surface area contributed by atoms with E-state index in [1.807, 2.05) is 24.3 Å². The number of nitrogens with zero attached hydrogens (tertiary/aromatic N) is 4. The van der Waals surface area contributed by atoms with Crippen LogP contribution in [0.5, 0.6) is 0 Å². The Labute approximate surface area is 99.7 Å². The normalized spacial score (nSPS) is 24.5. The number of nitrogens with two attached hydrogens (primary N) is 1. The summed E-state index contributed by atoms with van der Waals surface area (Å²) in [4.78, 5) is 6.63. The molecule has 0 spiro atoms. The molecule has 3 rings (SSSR count). The molecule has 5 heteroatoms. The number of hydrogen-bond acceptors (Lipinski definition) is 5. The van der Waals surface area contributed by atoms with E-state index in [-0.39, 0.29) is 6.04 Å². The minimum atomic E-state index is 0.199. The maximum absolute atomic E-state index is 6.00. The first kappa shape index (κ1) is 10.4. The number of aromatic nitrogens is 3. The molecule has 1 saturated heterocycles. The quantitative estimate of drug-likeness (QED) is 0.783. The second-order valence-corrected chi connectivity index (χ2v) is 4.65. The van der Waals surface area contributed by atoms with Gasteiger partial charge in [-0.2, -0.15) is 0 Å². The van der Waals surface area contributed by atoms with Crippen molar-refractivity contribution in [3.63, 3.8) is 0 Å². The lowest BCUT2D eigenvalue weighted by molar-refractivity contribution is 0.565. The van der Waals surface area contributed by atoms with Crippen LogP contribution in [0, 0.1) is 5.92 Å². The van der Waals surface area contributed by atoms with Crippen molar-refractivity contribution in [1.82, 2.24) is 15.2 Å². The number of hydrogen-bond donors (Lipinski definition) is 1. The predicted octanol–water partition coefficient (Wildman–Crippen LogP) is 0.808. The van der Waals surface area contributed by atoms with Gasteiger partial charge in [0.05, 0.1) is 5.52 Å². The van der Waals surface area contributed by atoms with Crippen LogP contribution in [0.1, 0.15) is 6.92 Å². The van der Waals surface area contributed by atoms with Gasteiger partial charge in [0.25, 0.3) is 0 Å². The van der Waals surface area contributed by atoms with E-state index in [2.05, 4.69) is 27.0 Å². The molecule has 5 nitrogen and oxygen atoms in total. The van der Waals surface area contributed by atoms with Crippen LogP contribution >= 0.6 is 0 Å². The van der Waals surface area contributed by atoms with E-state index >= 15 is 0 Å². The summed E-state index contributed by atoms with van der Waals surface area (Å²) in [5.41, 5.74) is 7.71. The third-order valence-electron chi connectivity index (χ3n) is 3.30. The van der Waals surface area contributed by atoms with E-state index < -0.39 is 0 Å². The van der Waals surface area contributed by atoms with Crippen molar-refractivity contribution in [2.24, 2.45) is 11.7 Å². The standard InChI is InChI=1S/C12H15N5/c1-8-6-17(7-9(8)13)12-14-10-4-2-3-5-11(10)15-16-12/h2-5,8-9H,6-7,13H2,1H3. The van der Waals surface area contributed by atoms with Gasteiger partial charge in [0.2, 0.25) is 5.95 Å². The smallest absolute Gasteiger partial charge is 0.245 e. The van der Waals surface area contributed by atoms with Gasteiger partial charge in [-0.25, -0.2) is 4.98 Å². The summed E-state index contributed by atoms with van der Waals surface area (Å²) < 4.78 is 0. The van der Waals surface area contributed by atoms with Crippen LogP contribution in [-0.4, -0.2) is 34.3 Å². The first-order chi connectivity index (χ1) is 8.24. The van der Waals surface area contributed by atoms with E-state index in [0.29, 0.717) is 11.9 Å². The highest BCUT2D eigenvalue weighted by atomic mass is 15.3. The highest BCUT2D eigenvalue weighted by Gasteiger charge is 2.28. The third-order valence-corrected chi connectivity index (χ3v) is 3.30. The van der Waals surface area contributed by atoms with Crippen LogP contribution in [0.2, 0.25) is 0 Å². The zero-order valence-electron chi connectivity index (χ0n) is 9.74. The van der Waals surface area contributed by atoms with Gasteiger partial charge >= 0.3 is 0 Å². The van der Waals surface area contributed by atoms with E-state index in [1.165, 1.54) is 0 Å². The molecule has 0 amide bonds. The Bertz CT molecular complexity index is 531. The van der Waals surface area contributed by atoms with Crippen LogP contribution in [0.15, 0.2) is 24.3 Å². The molecule has 1 aliphatic rings. The minimum Gasteiger partial charge on any atom is -0.338 e. The lowest BCUT2D eigenvalue weighted by Gasteiger charge is -2.14. The highest BCUT2D eigenvalue weighted by Crippen LogP contribution is 2.20. The van der Waals surface area contributed by atoms with Crippen molar-refractivity contribution in [1.29, 1.82) is 0 Å². The van der Waals surface area contributed by atoms with Crippen LogP contribution in [0.3, 0.4) is 0 Å². The highest BCUT2D eigenvalue weighted by molar-refractivity contribution is 5.74. The van der Waals surface area contributed by atoms with Gasteiger partial charge in [-0.1, -0.05) is 19.1 Å². The largest absolute Gasteiger partial charge is 0.338 e. The fourth-order valence-electron chi connectivity index (χ4n) is 2.16. The Hall–Kier alpha value is -1.75. The van der Waals surface area contributed by atoms with Crippen molar-refractivity contribution >= 4 is 17.0 Å². The molecule has 0 radical (unpaired) electrons. The fourth-order valence-corrected chi connectivity index (χ4v) is 2.16. The average molecular weight is 229 g/mol.